The van der Waals surface area contributed by atoms with Crippen molar-refractivity contribution in [3.05, 3.63) is 78.0 Å². The number of nitrogens with zero attached hydrogens (tertiary/aromatic N) is 1. The Morgan fingerprint density at radius 2 is 1.48 bits per heavy atom. The van der Waals surface area contributed by atoms with Crippen molar-refractivity contribution in [3.63, 3.8) is 0 Å². The van der Waals surface area contributed by atoms with Crippen LogP contribution in [0.4, 0.5) is 0 Å². The molecule has 5 aromatic rings. The lowest BCUT2D eigenvalue weighted by atomic mass is 9.92. The van der Waals surface area contributed by atoms with Gasteiger partial charge in [-0.05, 0) is 28.8 Å². The molecule has 0 radical (unpaired) electrons. The van der Waals surface area contributed by atoms with Crippen LogP contribution < -0.4 is 14.0 Å². The minimum Gasteiger partial charge on any atom is -0.493 e. The van der Waals surface area contributed by atoms with Crippen molar-refractivity contribution in [2.24, 2.45) is 7.05 Å². The van der Waals surface area contributed by atoms with Gasteiger partial charge in [0.25, 0.3) is 0 Å². The van der Waals surface area contributed by atoms with Gasteiger partial charge < -0.3 is 19.7 Å². The van der Waals surface area contributed by atoms with Crippen LogP contribution in [0, 0.1) is 0 Å². The highest BCUT2D eigenvalue weighted by Crippen LogP contribution is 2.45. The van der Waals surface area contributed by atoms with E-state index < -0.39 is 0 Å². The van der Waals surface area contributed by atoms with Crippen LogP contribution >= 0.6 is 0 Å². The minimum absolute atomic E-state index is 0.108. The van der Waals surface area contributed by atoms with Gasteiger partial charge in [-0.1, -0.05) is 48.5 Å². The molecule has 0 saturated heterocycles. The van der Waals surface area contributed by atoms with E-state index in [1.54, 1.807) is 14.2 Å². The first-order valence-electron chi connectivity index (χ1n) is 10.8. The lowest BCUT2D eigenvalue weighted by molar-refractivity contribution is -0.642. The van der Waals surface area contributed by atoms with Gasteiger partial charge in [0, 0.05) is 16.3 Å². The number of aliphatic hydroxyl groups is 2. The molecular weight excluding hydrogens is 414 g/mol. The minimum atomic E-state index is -0.129. The Kier molecular flexibility index (Phi) is 5.36. The molecule has 0 fully saturated rings. The number of pyridine rings is 1. The summed E-state index contributed by atoms with van der Waals surface area (Å²) in [6.07, 6.45) is 2.03. The molecule has 5 rings (SSSR count). The monoisotopic (exact) mass is 440 g/mol. The van der Waals surface area contributed by atoms with E-state index >= 15 is 0 Å². The van der Waals surface area contributed by atoms with Crippen LogP contribution in [-0.4, -0.2) is 24.4 Å². The number of aliphatic hydroxyl groups excluding tert-OH is 2. The first-order valence-corrected chi connectivity index (χ1v) is 10.8. The topological polar surface area (TPSA) is 62.8 Å². The van der Waals surface area contributed by atoms with E-state index in [2.05, 4.69) is 28.8 Å². The highest BCUT2D eigenvalue weighted by molar-refractivity contribution is 6.17. The molecule has 2 N–H and O–H groups in total. The normalized spacial score (nSPS) is 11.4. The number of ether oxygens (including phenoxy) is 2. The van der Waals surface area contributed by atoms with Gasteiger partial charge in [-0.25, -0.2) is 0 Å². The second kappa shape index (κ2) is 8.35. The summed E-state index contributed by atoms with van der Waals surface area (Å²) >= 11 is 0. The Balaban J connectivity index is 1.97. The van der Waals surface area contributed by atoms with Crippen molar-refractivity contribution < 1.29 is 24.3 Å². The van der Waals surface area contributed by atoms with Gasteiger partial charge in [-0.2, -0.15) is 4.57 Å². The van der Waals surface area contributed by atoms with Gasteiger partial charge in [0.05, 0.1) is 43.6 Å². The summed E-state index contributed by atoms with van der Waals surface area (Å²) in [6.45, 7) is -0.238. The predicted molar refractivity (Wildman–Crippen MR) is 131 cm³/mol. The van der Waals surface area contributed by atoms with E-state index in [4.69, 9.17) is 9.47 Å². The summed E-state index contributed by atoms with van der Waals surface area (Å²) in [5.41, 5.74) is 4.59. The molecule has 0 spiro atoms. The van der Waals surface area contributed by atoms with Crippen LogP contribution in [0.3, 0.4) is 0 Å². The standard InChI is InChI=1S/C28H26NO4/c1-29-14-23-19(10-9-18(15-30)24(23)16-31)21-12-11-20-22(27(21)29)13-25(32-2)28(33-3)26(20)17-7-5-4-6-8-17/h4-14,30-31H,15-16H2,1-3H3/q+1. The number of hydrogen-bond acceptors (Lipinski definition) is 4. The van der Waals surface area contributed by atoms with Gasteiger partial charge in [-0.15, -0.1) is 0 Å². The maximum absolute atomic E-state index is 10.0. The fourth-order valence-corrected chi connectivity index (χ4v) is 4.94. The number of rotatable bonds is 5. The highest BCUT2D eigenvalue weighted by atomic mass is 16.5. The quantitative estimate of drug-likeness (QED) is 0.309. The third-order valence-electron chi connectivity index (χ3n) is 6.45. The number of hydrogen-bond donors (Lipinski definition) is 2. The molecule has 0 aliphatic heterocycles. The molecule has 4 aromatic carbocycles. The lowest BCUT2D eigenvalue weighted by Crippen LogP contribution is -2.29. The van der Waals surface area contributed by atoms with Crippen molar-refractivity contribution in [1.29, 1.82) is 0 Å². The zero-order chi connectivity index (χ0) is 23.1. The molecule has 1 heterocycles. The summed E-state index contributed by atoms with van der Waals surface area (Å²) in [5, 5.41) is 24.9. The zero-order valence-corrected chi connectivity index (χ0v) is 18.9. The van der Waals surface area contributed by atoms with Crippen LogP contribution in [0.1, 0.15) is 11.1 Å². The third kappa shape index (κ3) is 3.20. The fraction of sp³-hybridized carbons (Fsp3) is 0.179. The largest absolute Gasteiger partial charge is 0.493 e. The number of benzene rings is 4. The van der Waals surface area contributed by atoms with Gasteiger partial charge in [0.1, 0.15) is 7.05 Å². The van der Waals surface area contributed by atoms with Gasteiger partial charge in [0.2, 0.25) is 5.52 Å². The van der Waals surface area contributed by atoms with Crippen molar-refractivity contribution >= 4 is 32.4 Å². The third-order valence-corrected chi connectivity index (χ3v) is 6.45. The molecule has 33 heavy (non-hydrogen) atoms. The molecule has 0 unspecified atom stereocenters. The van der Waals surface area contributed by atoms with Crippen molar-refractivity contribution in [3.8, 4) is 22.6 Å². The first-order chi connectivity index (χ1) is 16.1. The molecule has 1 aromatic heterocycles. The summed E-state index contributed by atoms with van der Waals surface area (Å²) < 4.78 is 13.7. The Labute approximate surface area is 192 Å². The Morgan fingerprint density at radius 3 is 2.15 bits per heavy atom. The molecule has 0 atom stereocenters. The lowest BCUT2D eigenvalue weighted by Gasteiger charge is -2.17. The van der Waals surface area contributed by atoms with Gasteiger partial charge in [-0.3, -0.25) is 0 Å². The average Bonchev–Trinajstić information content (AvgIpc) is 2.86. The molecule has 0 aliphatic carbocycles. The van der Waals surface area contributed by atoms with E-state index in [1.807, 2.05) is 49.6 Å². The molecule has 0 aliphatic rings. The van der Waals surface area contributed by atoms with Crippen LogP contribution in [0.2, 0.25) is 0 Å². The maximum Gasteiger partial charge on any atom is 0.220 e. The number of aromatic nitrogens is 1. The smallest absolute Gasteiger partial charge is 0.220 e. The molecule has 0 amide bonds. The van der Waals surface area contributed by atoms with Crippen LogP contribution in [0.25, 0.3) is 43.6 Å². The number of aryl methyl sites for hydroxylation is 1. The van der Waals surface area contributed by atoms with Crippen LogP contribution in [-0.2, 0) is 20.3 Å². The van der Waals surface area contributed by atoms with Gasteiger partial charge >= 0.3 is 0 Å². The molecule has 166 valence electrons. The Bertz CT molecular complexity index is 1510. The summed E-state index contributed by atoms with van der Waals surface area (Å²) in [5.74, 6) is 1.37. The Hall–Kier alpha value is -3.67. The Morgan fingerprint density at radius 1 is 0.758 bits per heavy atom. The van der Waals surface area contributed by atoms with E-state index in [0.717, 1.165) is 54.7 Å². The SMILES string of the molecule is COc1cc2c(ccc3c4ccc(CO)c(CO)c4c[n+](C)c23)c(-c2ccccc2)c1OC. The number of fused-ring (bicyclic) bond motifs is 5. The van der Waals surface area contributed by atoms with Gasteiger partial charge in [0.15, 0.2) is 17.7 Å². The fourth-order valence-electron chi connectivity index (χ4n) is 4.94. The molecular formula is C28H26NO4+. The predicted octanol–water partition coefficient (Wildman–Crippen LogP) is 4.64. The molecule has 5 nitrogen and oxygen atoms in total. The summed E-state index contributed by atoms with van der Waals surface area (Å²) in [4.78, 5) is 0. The van der Waals surface area contributed by atoms with E-state index in [9.17, 15) is 10.2 Å². The highest BCUT2D eigenvalue weighted by Gasteiger charge is 2.23. The molecule has 0 bridgehead atoms. The number of methoxy groups -OCH3 is 2. The van der Waals surface area contributed by atoms with Crippen LogP contribution in [0.5, 0.6) is 11.5 Å². The van der Waals surface area contributed by atoms with E-state index in [1.165, 1.54) is 0 Å². The zero-order valence-electron chi connectivity index (χ0n) is 18.9. The maximum atomic E-state index is 10.0. The van der Waals surface area contributed by atoms with Crippen molar-refractivity contribution in [2.75, 3.05) is 14.2 Å². The van der Waals surface area contributed by atoms with Crippen molar-refractivity contribution in [2.45, 2.75) is 13.2 Å². The van der Waals surface area contributed by atoms with E-state index in [-0.39, 0.29) is 13.2 Å². The second-order valence-corrected chi connectivity index (χ2v) is 8.13. The average molecular weight is 441 g/mol. The summed E-state index contributed by atoms with van der Waals surface area (Å²) in [7, 11) is 5.33. The van der Waals surface area contributed by atoms with E-state index in [0.29, 0.717) is 11.5 Å². The second-order valence-electron chi connectivity index (χ2n) is 8.13. The first kappa shape index (κ1) is 21.2. The molecule has 5 heteroatoms. The summed E-state index contributed by atoms with van der Waals surface area (Å²) in [6, 6.07) is 20.4. The van der Waals surface area contributed by atoms with Crippen LogP contribution in [0.15, 0.2) is 66.9 Å². The molecule has 0 saturated carbocycles. The van der Waals surface area contributed by atoms with Crippen molar-refractivity contribution in [1.82, 2.24) is 0 Å².